The summed E-state index contributed by atoms with van der Waals surface area (Å²) in [4.78, 5) is 11.0. The van der Waals surface area contributed by atoms with Crippen LogP contribution in [0.4, 0.5) is 0 Å². The lowest BCUT2D eigenvalue weighted by Gasteiger charge is -2.26. The van der Waals surface area contributed by atoms with Gasteiger partial charge in [-0.15, -0.1) is 0 Å². The van der Waals surface area contributed by atoms with E-state index in [4.69, 9.17) is 4.74 Å². The first-order valence-electron chi connectivity index (χ1n) is 7.16. The third-order valence-electron chi connectivity index (χ3n) is 3.50. The zero-order chi connectivity index (χ0) is 12.5. The number of hydrogen-bond donors (Lipinski definition) is 0. The summed E-state index contributed by atoms with van der Waals surface area (Å²) in [6.07, 6.45) is 12.8. The summed E-state index contributed by atoms with van der Waals surface area (Å²) in [6, 6.07) is 0. The minimum absolute atomic E-state index is 0.0135. The highest BCUT2D eigenvalue weighted by Crippen LogP contribution is 2.29. The van der Waals surface area contributed by atoms with Gasteiger partial charge < -0.3 is 4.74 Å². The molecule has 0 amide bonds. The first-order valence-corrected chi connectivity index (χ1v) is 7.16. The highest BCUT2D eigenvalue weighted by Gasteiger charge is 2.34. The molecule has 0 saturated carbocycles. The first-order chi connectivity index (χ1) is 8.25. The fraction of sp³-hybridized carbons (Fsp3) is 0.800. The lowest BCUT2D eigenvalue weighted by Crippen LogP contribution is -2.31. The fourth-order valence-corrected chi connectivity index (χ4v) is 2.28. The van der Waals surface area contributed by atoms with Gasteiger partial charge in [0.1, 0.15) is 11.7 Å². The van der Waals surface area contributed by atoms with E-state index in [1.54, 1.807) is 0 Å². The lowest BCUT2D eigenvalue weighted by molar-refractivity contribution is -0.157. The van der Waals surface area contributed by atoms with Crippen molar-refractivity contribution in [3.05, 3.63) is 12.3 Å². The van der Waals surface area contributed by atoms with Crippen molar-refractivity contribution in [2.45, 2.75) is 71.1 Å². The van der Waals surface area contributed by atoms with Gasteiger partial charge in [0.15, 0.2) is 0 Å². The second-order valence-electron chi connectivity index (χ2n) is 5.06. The van der Waals surface area contributed by atoms with Crippen LogP contribution in [-0.2, 0) is 9.53 Å². The van der Waals surface area contributed by atoms with Crippen molar-refractivity contribution in [1.82, 2.24) is 0 Å². The average Bonchev–Trinajstić information content (AvgIpc) is 2.31. The minimum Gasteiger partial charge on any atom is -0.430 e. The first kappa shape index (κ1) is 14.3. The molecule has 0 aromatic rings. The summed E-state index contributed by atoms with van der Waals surface area (Å²) in [6.45, 7) is 5.96. The van der Waals surface area contributed by atoms with E-state index in [-0.39, 0.29) is 11.9 Å². The summed E-state index contributed by atoms with van der Waals surface area (Å²) in [5, 5.41) is 0. The monoisotopic (exact) mass is 238 g/mol. The Balaban J connectivity index is 1.81. The summed E-state index contributed by atoms with van der Waals surface area (Å²) >= 11 is 0. The van der Waals surface area contributed by atoms with E-state index < -0.39 is 0 Å². The number of esters is 1. The van der Waals surface area contributed by atoms with Crippen LogP contribution in [0.3, 0.4) is 0 Å². The van der Waals surface area contributed by atoms with E-state index in [0.29, 0.717) is 5.76 Å². The van der Waals surface area contributed by atoms with E-state index >= 15 is 0 Å². The summed E-state index contributed by atoms with van der Waals surface area (Å²) in [7, 11) is 0. The van der Waals surface area contributed by atoms with E-state index in [1.165, 1.54) is 51.4 Å². The zero-order valence-corrected chi connectivity index (χ0v) is 11.2. The van der Waals surface area contributed by atoms with Gasteiger partial charge in [0.05, 0.1) is 0 Å². The van der Waals surface area contributed by atoms with Crippen molar-refractivity contribution in [2.24, 2.45) is 5.92 Å². The van der Waals surface area contributed by atoms with Crippen LogP contribution in [0.2, 0.25) is 0 Å². The fourth-order valence-electron chi connectivity index (χ4n) is 2.28. The van der Waals surface area contributed by atoms with Crippen LogP contribution in [0, 0.1) is 5.92 Å². The maximum Gasteiger partial charge on any atom is 0.321 e. The van der Waals surface area contributed by atoms with Crippen LogP contribution in [0.5, 0.6) is 0 Å². The highest BCUT2D eigenvalue weighted by atomic mass is 16.6. The molecule has 1 saturated heterocycles. The van der Waals surface area contributed by atoms with E-state index in [9.17, 15) is 4.79 Å². The van der Waals surface area contributed by atoms with Crippen molar-refractivity contribution in [3.8, 4) is 0 Å². The maximum absolute atomic E-state index is 11.0. The molecule has 1 aliphatic heterocycles. The zero-order valence-electron chi connectivity index (χ0n) is 11.2. The minimum atomic E-state index is -0.0745. The number of hydrogen-bond acceptors (Lipinski definition) is 2. The average molecular weight is 238 g/mol. The number of ether oxygens (including phenoxy) is 1. The predicted molar refractivity (Wildman–Crippen MR) is 70.6 cm³/mol. The molecule has 1 atom stereocenters. The second kappa shape index (κ2) is 8.32. The molecule has 1 unspecified atom stereocenters. The van der Waals surface area contributed by atoms with Crippen LogP contribution in [-0.4, -0.2) is 5.97 Å². The number of unbranched alkanes of at least 4 members (excludes halogenated alkanes) is 8. The Morgan fingerprint density at radius 3 is 2.00 bits per heavy atom. The van der Waals surface area contributed by atoms with Gasteiger partial charge in [-0.05, 0) is 6.42 Å². The standard InChI is InChI=1S/C15H26O2/c1-3-4-5-6-7-8-9-10-11-12-14-13(2)17-15(14)16/h14H,2-12H2,1H3. The van der Waals surface area contributed by atoms with Crippen LogP contribution in [0.15, 0.2) is 12.3 Å². The molecule has 17 heavy (non-hydrogen) atoms. The van der Waals surface area contributed by atoms with Gasteiger partial charge in [-0.3, -0.25) is 4.79 Å². The molecule has 1 rings (SSSR count). The SMILES string of the molecule is C=C1OC(=O)C1CCCCCCCCCCC. The third-order valence-corrected chi connectivity index (χ3v) is 3.50. The van der Waals surface area contributed by atoms with Crippen molar-refractivity contribution in [1.29, 1.82) is 0 Å². The van der Waals surface area contributed by atoms with Gasteiger partial charge >= 0.3 is 5.97 Å². The topological polar surface area (TPSA) is 26.3 Å². The number of carbonyl (C=O) groups is 1. The Labute approximate surface area is 105 Å². The Morgan fingerprint density at radius 2 is 1.53 bits per heavy atom. The normalized spacial score (nSPS) is 19.0. The number of cyclic esters (lactones) is 1. The van der Waals surface area contributed by atoms with Crippen LogP contribution >= 0.6 is 0 Å². The van der Waals surface area contributed by atoms with E-state index in [2.05, 4.69) is 13.5 Å². The molecular formula is C15H26O2. The number of rotatable bonds is 10. The molecule has 0 bridgehead atoms. The largest absolute Gasteiger partial charge is 0.430 e. The second-order valence-corrected chi connectivity index (χ2v) is 5.06. The highest BCUT2D eigenvalue weighted by molar-refractivity contribution is 5.82. The van der Waals surface area contributed by atoms with Gasteiger partial charge in [-0.1, -0.05) is 71.3 Å². The Kier molecular flexibility index (Phi) is 6.99. The van der Waals surface area contributed by atoms with Crippen molar-refractivity contribution >= 4 is 5.97 Å². The smallest absolute Gasteiger partial charge is 0.321 e. The summed E-state index contributed by atoms with van der Waals surface area (Å²) in [5.41, 5.74) is 0. The quantitative estimate of drug-likeness (QED) is 0.411. The molecule has 0 N–H and O–H groups in total. The summed E-state index contributed by atoms with van der Waals surface area (Å²) < 4.78 is 4.75. The van der Waals surface area contributed by atoms with Crippen LogP contribution < -0.4 is 0 Å². The molecule has 2 heteroatoms. The molecule has 0 spiro atoms. The Morgan fingerprint density at radius 1 is 1.00 bits per heavy atom. The van der Waals surface area contributed by atoms with Crippen LogP contribution in [0.1, 0.15) is 71.1 Å². The summed E-state index contributed by atoms with van der Waals surface area (Å²) in [5.74, 6) is 0.615. The molecule has 0 aromatic heterocycles. The lowest BCUT2D eigenvalue weighted by atomic mass is 9.95. The van der Waals surface area contributed by atoms with Crippen molar-refractivity contribution in [3.63, 3.8) is 0 Å². The number of carbonyl (C=O) groups excluding carboxylic acids is 1. The molecule has 1 aliphatic rings. The van der Waals surface area contributed by atoms with Gasteiger partial charge in [0, 0.05) is 0 Å². The van der Waals surface area contributed by atoms with Crippen LogP contribution in [0.25, 0.3) is 0 Å². The Bertz CT molecular complexity index is 231. The molecule has 1 fully saturated rings. The van der Waals surface area contributed by atoms with E-state index in [0.717, 1.165) is 12.8 Å². The predicted octanol–water partition coefficient (Wildman–Crippen LogP) is 4.59. The van der Waals surface area contributed by atoms with Crippen molar-refractivity contribution in [2.75, 3.05) is 0 Å². The van der Waals surface area contributed by atoms with Gasteiger partial charge in [0.2, 0.25) is 0 Å². The molecule has 2 nitrogen and oxygen atoms in total. The molecule has 0 aromatic carbocycles. The van der Waals surface area contributed by atoms with Gasteiger partial charge in [-0.25, -0.2) is 0 Å². The van der Waals surface area contributed by atoms with Crippen molar-refractivity contribution < 1.29 is 9.53 Å². The molecule has 0 aliphatic carbocycles. The Hall–Kier alpha value is -0.790. The molecule has 0 radical (unpaired) electrons. The third kappa shape index (κ3) is 5.38. The molecule has 1 heterocycles. The molecule has 98 valence electrons. The van der Waals surface area contributed by atoms with E-state index in [1.807, 2.05) is 0 Å². The maximum atomic E-state index is 11.0. The van der Waals surface area contributed by atoms with Gasteiger partial charge in [-0.2, -0.15) is 0 Å². The molecular weight excluding hydrogens is 212 g/mol. The van der Waals surface area contributed by atoms with Gasteiger partial charge in [0.25, 0.3) is 0 Å².